The van der Waals surface area contributed by atoms with Gasteiger partial charge in [-0.1, -0.05) is 0 Å². The molecular weight excluding hydrogens is 176 g/mol. The molecule has 5 nitrogen and oxygen atoms in total. The van der Waals surface area contributed by atoms with Crippen molar-refractivity contribution in [1.82, 2.24) is 0 Å². The van der Waals surface area contributed by atoms with Crippen LogP contribution in [0, 0.1) is 0 Å². The van der Waals surface area contributed by atoms with Crippen molar-refractivity contribution in [2.75, 3.05) is 39.6 Å². The van der Waals surface area contributed by atoms with Gasteiger partial charge in [-0.05, 0) is 12.8 Å². The molecule has 0 aromatic rings. The minimum Gasteiger partial charge on any atom is -0.394 e. The molecule has 0 radical (unpaired) electrons. The maximum Gasteiger partial charge on any atom is 0.105 e. The van der Waals surface area contributed by atoms with E-state index in [-0.39, 0.29) is 19.8 Å². The van der Waals surface area contributed by atoms with E-state index in [1.165, 1.54) is 0 Å². The minimum atomic E-state index is -0.0282. The van der Waals surface area contributed by atoms with Crippen LogP contribution in [-0.2, 0) is 14.5 Å². The van der Waals surface area contributed by atoms with E-state index in [0.717, 1.165) is 12.8 Å². The molecule has 0 aliphatic carbocycles. The van der Waals surface area contributed by atoms with Gasteiger partial charge < -0.3 is 14.9 Å². The maximum absolute atomic E-state index is 8.37. The van der Waals surface area contributed by atoms with Crippen molar-refractivity contribution in [2.24, 2.45) is 0 Å². The Morgan fingerprint density at radius 2 is 1.31 bits per heavy atom. The zero-order valence-corrected chi connectivity index (χ0v) is 7.78. The summed E-state index contributed by atoms with van der Waals surface area (Å²) in [5.41, 5.74) is 0. The van der Waals surface area contributed by atoms with E-state index >= 15 is 0 Å². The van der Waals surface area contributed by atoms with E-state index in [9.17, 15) is 0 Å². The molecule has 0 aromatic heterocycles. The second kappa shape index (κ2) is 11.8. The highest BCUT2D eigenvalue weighted by atomic mass is 17.2. The van der Waals surface area contributed by atoms with Crippen LogP contribution < -0.4 is 0 Å². The van der Waals surface area contributed by atoms with Gasteiger partial charge in [0.25, 0.3) is 0 Å². The van der Waals surface area contributed by atoms with Gasteiger partial charge in [0, 0.05) is 6.61 Å². The average molecular weight is 194 g/mol. The lowest BCUT2D eigenvalue weighted by atomic mass is 10.3. The van der Waals surface area contributed by atoms with Crippen molar-refractivity contribution in [3.8, 4) is 0 Å². The fourth-order valence-corrected chi connectivity index (χ4v) is 0.687. The molecule has 0 amide bonds. The van der Waals surface area contributed by atoms with E-state index in [2.05, 4.69) is 4.89 Å². The molecule has 0 aromatic carbocycles. The second-order valence-corrected chi connectivity index (χ2v) is 2.41. The van der Waals surface area contributed by atoms with Crippen molar-refractivity contribution in [3.05, 3.63) is 0 Å². The summed E-state index contributed by atoms with van der Waals surface area (Å²) in [5.74, 6) is 0. The Morgan fingerprint density at radius 1 is 0.692 bits per heavy atom. The standard InChI is InChI=1S/C8H18O5/c9-3-7-11-5-1-2-6-12-13-8-4-10/h9-10H,1-8H2. The maximum atomic E-state index is 8.37. The molecule has 80 valence electrons. The molecule has 0 aliphatic rings. The third-order valence-electron chi connectivity index (χ3n) is 1.26. The molecule has 0 spiro atoms. The summed E-state index contributed by atoms with van der Waals surface area (Å²) in [4.78, 5) is 9.30. The lowest BCUT2D eigenvalue weighted by Gasteiger charge is -2.03. The summed E-state index contributed by atoms with van der Waals surface area (Å²) >= 11 is 0. The Kier molecular flexibility index (Phi) is 11.6. The zero-order valence-electron chi connectivity index (χ0n) is 7.78. The van der Waals surface area contributed by atoms with Gasteiger partial charge >= 0.3 is 0 Å². The van der Waals surface area contributed by atoms with Crippen LogP contribution in [0.25, 0.3) is 0 Å². The predicted octanol–water partition coefficient (Wildman–Crippen LogP) is -0.284. The number of aliphatic hydroxyl groups excluding tert-OH is 2. The molecule has 0 atom stereocenters. The summed E-state index contributed by atoms with van der Waals surface area (Å²) in [7, 11) is 0. The van der Waals surface area contributed by atoms with Gasteiger partial charge in [-0.15, -0.1) is 0 Å². The highest BCUT2D eigenvalue weighted by Crippen LogP contribution is 1.91. The van der Waals surface area contributed by atoms with Gasteiger partial charge in [0.2, 0.25) is 0 Å². The number of aliphatic hydroxyl groups is 2. The molecule has 13 heavy (non-hydrogen) atoms. The van der Waals surface area contributed by atoms with Crippen LogP contribution in [0.2, 0.25) is 0 Å². The van der Waals surface area contributed by atoms with Crippen molar-refractivity contribution in [2.45, 2.75) is 12.8 Å². The zero-order chi connectivity index (χ0) is 9.78. The van der Waals surface area contributed by atoms with Gasteiger partial charge in [0.1, 0.15) is 6.61 Å². The first kappa shape index (κ1) is 12.8. The van der Waals surface area contributed by atoms with E-state index in [1.807, 2.05) is 0 Å². The van der Waals surface area contributed by atoms with Crippen LogP contribution in [0.3, 0.4) is 0 Å². The average Bonchev–Trinajstić information content (AvgIpc) is 2.16. The third-order valence-corrected chi connectivity index (χ3v) is 1.26. The topological polar surface area (TPSA) is 68.2 Å². The minimum absolute atomic E-state index is 0.0282. The summed E-state index contributed by atoms with van der Waals surface area (Å²) in [6.45, 7) is 1.77. The van der Waals surface area contributed by atoms with Gasteiger partial charge in [0.15, 0.2) is 0 Å². The summed E-state index contributed by atoms with van der Waals surface area (Å²) < 4.78 is 5.02. The highest BCUT2D eigenvalue weighted by molar-refractivity contribution is 4.36. The molecule has 0 heterocycles. The van der Waals surface area contributed by atoms with Crippen LogP contribution in [0.5, 0.6) is 0 Å². The van der Waals surface area contributed by atoms with Gasteiger partial charge in [-0.3, -0.25) is 0 Å². The van der Waals surface area contributed by atoms with Crippen LogP contribution in [0.4, 0.5) is 0 Å². The van der Waals surface area contributed by atoms with Crippen molar-refractivity contribution >= 4 is 0 Å². The molecule has 0 unspecified atom stereocenters. The van der Waals surface area contributed by atoms with Gasteiger partial charge in [-0.25, -0.2) is 9.78 Å². The summed E-state index contributed by atoms with van der Waals surface area (Å²) in [6.07, 6.45) is 1.72. The lowest BCUT2D eigenvalue weighted by Crippen LogP contribution is -2.04. The van der Waals surface area contributed by atoms with Crippen LogP contribution in [0.1, 0.15) is 12.8 Å². The molecule has 0 rings (SSSR count). The first-order valence-electron chi connectivity index (χ1n) is 4.45. The van der Waals surface area contributed by atoms with E-state index in [4.69, 9.17) is 19.8 Å². The van der Waals surface area contributed by atoms with E-state index < -0.39 is 0 Å². The second-order valence-electron chi connectivity index (χ2n) is 2.41. The number of rotatable bonds is 10. The van der Waals surface area contributed by atoms with Crippen molar-refractivity contribution < 1.29 is 24.7 Å². The first-order valence-corrected chi connectivity index (χ1v) is 4.45. The number of hydrogen-bond acceptors (Lipinski definition) is 5. The Morgan fingerprint density at radius 3 is 2.00 bits per heavy atom. The number of ether oxygens (including phenoxy) is 1. The summed E-state index contributed by atoms with van der Waals surface area (Å²) in [6, 6.07) is 0. The fraction of sp³-hybridized carbons (Fsp3) is 1.00. The van der Waals surface area contributed by atoms with Crippen LogP contribution in [-0.4, -0.2) is 49.9 Å². The Bertz CT molecular complexity index is 78.6. The van der Waals surface area contributed by atoms with E-state index in [0.29, 0.717) is 19.8 Å². The Hall–Kier alpha value is -0.200. The monoisotopic (exact) mass is 194 g/mol. The SMILES string of the molecule is OCCOCCCCOOCCO. The molecule has 0 bridgehead atoms. The molecule has 5 heteroatoms. The van der Waals surface area contributed by atoms with Crippen LogP contribution >= 0.6 is 0 Å². The fourth-order valence-electron chi connectivity index (χ4n) is 0.687. The number of hydrogen-bond donors (Lipinski definition) is 2. The third kappa shape index (κ3) is 11.8. The van der Waals surface area contributed by atoms with Crippen LogP contribution in [0.15, 0.2) is 0 Å². The molecule has 2 N–H and O–H groups in total. The normalized spacial score (nSPS) is 10.6. The Balaban J connectivity index is 2.76. The number of unbranched alkanes of at least 4 members (excludes halogenated alkanes) is 1. The van der Waals surface area contributed by atoms with Crippen molar-refractivity contribution in [3.63, 3.8) is 0 Å². The predicted molar refractivity (Wildman–Crippen MR) is 46.1 cm³/mol. The first-order chi connectivity index (χ1) is 6.41. The molecule has 0 saturated heterocycles. The highest BCUT2D eigenvalue weighted by Gasteiger charge is 1.91. The molecule has 0 saturated carbocycles. The lowest BCUT2D eigenvalue weighted by molar-refractivity contribution is -0.298. The smallest absolute Gasteiger partial charge is 0.105 e. The molecular formula is C8H18O5. The van der Waals surface area contributed by atoms with Gasteiger partial charge in [-0.2, -0.15) is 0 Å². The Labute approximate surface area is 78.2 Å². The summed E-state index contributed by atoms with van der Waals surface area (Å²) in [5, 5.41) is 16.7. The molecule has 0 fully saturated rings. The quantitative estimate of drug-likeness (QED) is 0.284. The molecule has 0 aliphatic heterocycles. The van der Waals surface area contributed by atoms with Gasteiger partial charge in [0.05, 0.1) is 26.4 Å². The van der Waals surface area contributed by atoms with E-state index in [1.54, 1.807) is 0 Å². The largest absolute Gasteiger partial charge is 0.394 e. The van der Waals surface area contributed by atoms with Crippen molar-refractivity contribution in [1.29, 1.82) is 0 Å².